The van der Waals surface area contributed by atoms with Gasteiger partial charge in [-0.1, -0.05) is 19.8 Å². The van der Waals surface area contributed by atoms with E-state index < -0.39 is 0 Å². The van der Waals surface area contributed by atoms with Gasteiger partial charge in [0.2, 0.25) is 0 Å². The van der Waals surface area contributed by atoms with Gasteiger partial charge >= 0.3 is 0 Å². The number of hydrogen-bond acceptors (Lipinski definition) is 3. The van der Waals surface area contributed by atoms with E-state index >= 15 is 0 Å². The van der Waals surface area contributed by atoms with Gasteiger partial charge in [0, 0.05) is 21.5 Å². The Bertz CT molecular complexity index is 403. The lowest BCUT2D eigenvalue weighted by Gasteiger charge is -2.32. The van der Waals surface area contributed by atoms with Crippen molar-refractivity contribution in [3.8, 4) is 0 Å². The lowest BCUT2D eigenvalue weighted by atomic mass is 9.78. The molecule has 1 N–H and O–H groups in total. The Morgan fingerprint density at radius 1 is 1.37 bits per heavy atom. The Kier molecular flexibility index (Phi) is 4.55. The van der Waals surface area contributed by atoms with E-state index in [1.165, 1.54) is 43.6 Å². The van der Waals surface area contributed by atoms with Crippen molar-refractivity contribution >= 4 is 23.1 Å². The van der Waals surface area contributed by atoms with Crippen LogP contribution in [0.5, 0.6) is 0 Å². The van der Waals surface area contributed by atoms with Crippen LogP contribution in [0.15, 0.2) is 6.07 Å². The van der Waals surface area contributed by atoms with E-state index in [2.05, 4.69) is 48.5 Å². The van der Waals surface area contributed by atoms with Crippen molar-refractivity contribution in [2.75, 3.05) is 12.8 Å². The zero-order chi connectivity index (χ0) is 13.2. The summed E-state index contributed by atoms with van der Waals surface area (Å²) in [5.74, 6) is 4.32. The van der Waals surface area contributed by atoms with Crippen LogP contribution in [0.3, 0.4) is 0 Å². The molecular weight excluding hydrogens is 270 g/mol. The van der Waals surface area contributed by atoms with Crippen LogP contribution in [0, 0.1) is 11.8 Å². The summed E-state index contributed by atoms with van der Waals surface area (Å²) in [5, 5.41) is 3.62. The molecule has 1 saturated carbocycles. The zero-order valence-electron chi connectivity index (χ0n) is 12.1. The molecule has 3 rings (SSSR count). The monoisotopic (exact) mass is 295 g/mol. The highest BCUT2D eigenvalue weighted by Gasteiger charge is 2.28. The maximum absolute atomic E-state index is 3.62. The topological polar surface area (TPSA) is 12.0 Å². The van der Waals surface area contributed by atoms with E-state index in [1.807, 2.05) is 0 Å². The molecule has 0 saturated heterocycles. The van der Waals surface area contributed by atoms with Gasteiger partial charge in [0.1, 0.15) is 0 Å². The number of thioether (sulfide) groups is 1. The molecular formula is C16H25NS2. The van der Waals surface area contributed by atoms with Crippen LogP contribution in [0.4, 0.5) is 0 Å². The van der Waals surface area contributed by atoms with Crippen LogP contribution >= 0.6 is 23.1 Å². The third kappa shape index (κ3) is 3.03. The third-order valence-corrected chi connectivity index (χ3v) is 7.04. The molecule has 106 valence electrons. The minimum atomic E-state index is 0.600. The van der Waals surface area contributed by atoms with Crippen LogP contribution in [-0.4, -0.2) is 12.8 Å². The van der Waals surface area contributed by atoms with E-state index in [-0.39, 0.29) is 0 Å². The number of rotatable bonds is 3. The van der Waals surface area contributed by atoms with Crippen molar-refractivity contribution < 1.29 is 0 Å². The fourth-order valence-corrected chi connectivity index (χ4v) is 6.30. The minimum Gasteiger partial charge on any atom is -0.312 e. The van der Waals surface area contributed by atoms with Crippen LogP contribution in [-0.2, 0) is 12.2 Å². The molecule has 0 aromatic carbocycles. The first-order chi connectivity index (χ1) is 9.28. The van der Waals surface area contributed by atoms with Gasteiger partial charge in [-0.05, 0) is 55.5 Å². The molecule has 1 nitrogen and oxygen atoms in total. The van der Waals surface area contributed by atoms with E-state index in [4.69, 9.17) is 0 Å². The molecule has 1 aliphatic carbocycles. The predicted octanol–water partition coefficient (Wildman–Crippen LogP) is 4.62. The molecule has 1 aliphatic heterocycles. The summed E-state index contributed by atoms with van der Waals surface area (Å²) in [4.78, 5) is 3.27. The van der Waals surface area contributed by atoms with E-state index in [0.717, 1.165) is 11.8 Å². The summed E-state index contributed by atoms with van der Waals surface area (Å²) in [5.41, 5.74) is 1.63. The molecule has 2 heterocycles. The summed E-state index contributed by atoms with van der Waals surface area (Å²) in [6.07, 6.45) is 6.97. The molecule has 1 aromatic heterocycles. The zero-order valence-corrected chi connectivity index (χ0v) is 13.7. The molecule has 1 aromatic rings. The highest BCUT2D eigenvalue weighted by atomic mass is 32.2. The van der Waals surface area contributed by atoms with Gasteiger partial charge in [-0.3, -0.25) is 0 Å². The number of fused-ring (bicyclic) bond motifs is 1. The van der Waals surface area contributed by atoms with Crippen molar-refractivity contribution in [2.24, 2.45) is 11.8 Å². The van der Waals surface area contributed by atoms with E-state index in [1.54, 1.807) is 15.3 Å². The molecule has 3 heteroatoms. The van der Waals surface area contributed by atoms with Crippen molar-refractivity contribution in [3.05, 3.63) is 21.4 Å². The first-order valence-corrected chi connectivity index (χ1v) is 9.61. The van der Waals surface area contributed by atoms with E-state index in [9.17, 15) is 0 Å². The van der Waals surface area contributed by atoms with E-state index in [0.29, 0.717) is 6.04 Å². The maximum atomic E-state index is 3.62. The van der Waals surface area contributed by atoms with Gasteiger partial charge in [0.15, 0.2) is 0 Å². The van der Waals surface area contributed by atoms with Crippen molar-refractivity contribution in [2.45, 2.75) is 50.8 Å². The Labute approximate surface area is 125 Å². The summed E-state index contributed by atoms with van der Waals surface area (Å²) >= 11 is 4.18. The summed E-state index contributed by atoms with van der Waals surface area (Å²) < 4.78 is 0. The number of nitrogens with one attached hydrogen (secondary N) is 1. The second-order valence-electron chi connectivity index (χ2n) is 6.20. The molecule has 1 fully saturated rings. The molecule has 0 radical (unpaired) electrons. The average molecular weight is 296 g/mol. The molecule has 19 heavy (non-hydrogen) atoms. The summed E-state index contributed by atoms with van der Waals surface area (Å²) in [7, 11) is 2.15. The smallest absolute Gasteiger partial charge is 0.0441 e. The van der Waals surface area contributed by atoms with Crippen LogP contribution in [0.2, 0.25) is 0 Å². The molecule has 0 bridgehead atoms. The highest BCUT2D eigenvalue weighted by Crippen LogP contribution is 2.41. The number of aryl methyl sites for hydroxylation is 1. The van der Waals surface area contributed by atoms with Gasteiger partial charge in [-0.15, -0.1) is 11.3 Å². The van der Waals surface area contributed by atoms with Crippen LogP contribution in [0.25, 0.3) is 0 Å². The molecule has 3 atom stereocenters. The Morgan fingerprint density at radius 3 is 3.00 bits per heavy atom. The highest BCUT2D eigenvalue weighted by molar-refractivity contribution is 7.98. The largest absolute Gasteiger partial charge is 0.312 e. The van der Waals surface area contributed by atoms with Crippen LogP contribution < -0.4 is 5.32 Å². The second kappa shape index (κ2) is 6.19. The molecule has 3 unspecified atom stereocenters. The Balaban J connectivity index is 1.79. The van der Waals surface area contributed by atoms with Crippen molar-refractivity contribution in [1.82, 2.24) is 5.32 Å². The first-order valence-electron chi connectivity index (χ1n) is 7.64. The van der Waals surface area contributed by atoms with Crippen LogP contribution in [0.1, 0.15) is 54.0 Å². The SMILES string of the molecule is CNC(c1cc2c(s1)CCSC2)C1CCCC(C)C1. The quantitative estimate of drug-likeness (QED) is 0.873. The lowest BCUT2D eigenvalue weighted by molar-refractivity contribution is 0.232. The Hall–Kier alpha value is 0.01000. The maximum Gasteiger partial charge on any atom is 0.0441 e. The fourth-order valence-electron chi connectivity index (χ4n) is 3.72. The number of hydrogen-bond donors (Lipinski definition) is 1. The normalized spacial score (nSPS) is 28.9. The lowest BCUT2D eigenvalue weighted by Crippen LogP contribution is -2.28. The predicted molar refractivity (Wildman–Crippen MR) is 87.1 cm³/mol. The molecule has 0 amide bonds. The van der Waals surface area contributed by atoms with Gasteiger partial charge in [-0.25, -0.2) is 0 Å². The molecule has 2 aliphatic rings. The van der Waals surface area contributed by atoms with Crippen molar-refractivity contribution in [1.29, 1.82) is 0 Å². The Morgan fingerprint density at radius 2 is 2.26 bits per heavy atom. The third-order valence-electron chi connectivity index (χ3n) is 4.71. The standard InChI is InChI=1S/C16H25NS2/c1-11-4-3-5-12(8-11)16(17-2)15-9-13-10-18-7-6-14(13)19-15/h9,11-12,16-17H,3-8,10H2,1-2H3. The molecule has 0 spiro atoms. The number of thiophene rings is 1. The van der Waals surface area contributed by atoms with Gasteiger partial charge in [-0.2, -0.15) is 11.8 Å². The summed E-state index contributed by atoms with van der Waals surface area (Å²) in [6.45, 7) is 2.43. The average Bonchev–Trinajstić information content (AvgIpc) is 2.83. The van der Waals surface area contributed by atoms with Gasteiger partial charge in [0.25, 0.3) is 0 Å². The van der Waals surface area contributed by atoms with Gasteiger partial charge in [0.05, 0.1) is 0 Å². The second-order valence-corrected chi connectivity index (χ2v) is 8.47. The minimum absolute atomic E-state index is 0.600. The summed E-state index contributed by atoms with van der Waals surface area (Å²) in [6, 6.07) is 3.11. The van der Waals surface area contributed by atoms with Gasteiger partial charge < -0.3 is 5.32 Å². The van der Waals surface area contributed by atoms with Crippen molar-refractivity contribution in [3.63, 3.8) is 0 Å². The first kappa shape index (κ1) is 14.0. The fraction of sp³-hybridized carbons (Fsp3) is 0.750.